The molecule has 1 atom stereocenters. The highest BCUT2D eigenvalue weighted by molar-refractivity contribution is 5.99. The molecule has 2 heterocycles. The highest BCUT2D eigenvalue weighted by atomic mass is 16.5. The maximum Gasteiger partial charge on any atom is 0.205 e. The van der Waals surface area contributed by atoms with Crippen LogP contribution in [0.1, 0.15) is 23.8 Å². The van der Waals surface area contributed by atoms with Crippen molar-refractivity contribution in [2.75, 3.05) is 0 Å². The van der Waals surface area contributed by atoms with Gasteiger partial charge >= 0.3 is 0 Å². The molecule has 1 aliphatic rings. The van der Waals surface area contributed by atoms with Crippen molar-refractivity contribution < 1.29 is 9.15 Å². The first kappa shape index (κ1) is 15.5. The van der Waals surface area contributed by atoms with Crippen molar-refractivity contribution in [3.8, 4) is 0 Å². The van der Waals surface area contributed by atoms with Crippen LogP contribution in [0.25, 0.3) is 5.76 Å². The van der Waals surface area contributed by atoms with Crippen LogP contribution < -0.4 is 0 Å². The van der Waals surface area contributed by atoms with Crippen LogP contribution in [-0.4, -0.2) is 5.90 Å². The first-order valence-electron chi connectivity index (χ1n) is 8.35. The molecule has 25 heavy (non-hydrogen) atoms. The third kappa shape index (κ3) is 3.01. The number of ether oxygens (including phenoxy) is 1. The van der Waals surface area contributed by atoms with Crippen LogP contribution in [0, 0.1) is 0 Å². The molecule has 0 aliphatic carbocycles. The second-order valence-electron chi connectivity index (χ2n) is 6.25. The zero-order valence-corrected chi connectivity index (χ0v) is 14.1. The fourth-order valence-corrected chi connectivity index (χ4v) is 3.05. The van der Waals surface area contributed by atoms with E-state index in [1.54, 1.807) is 6.26 Å². The van der Waals surface area contributed by atoms with E-state index in [0.717, 1.165) is 22.6 Å². The van der Waals surface area contributed by atoms with Gasteiger partial charge in [-0.15, -0.1) is 0 Å². The zero-order chi connectivity index (χ0) is 17.1. The summed E-state index contributed by atoms with van der Waals surface area (Å²) in [5.41, 5.74) is 1.80. The van der Waals surface area contributed by atoms with E-state index in [2.05, 4.69) is 25.1 Å². The maximum atomic E-state index is 6.19. The molecule has 1 unspecified atom stereocenters. The SMILES string of the molecule is CC1(c2ccccc2)C=C(c2ccccc2)OC1=NCc1ccco1. The Morgan fingerprint density at radius 2 is 1.60 bits per heavy atom. The molecule has 1 aromatic heterocycles. The van der Waals surface area contributed by atoms with Crippen molar-refractivity contribution in [3.63, 3.8) is 0 Å². The number of benzene rings is 2. The highest BCUT2D eigenvalue weighted by Gasteiger charge is 2.39. The first-order chi connectivity index (χ1) is 12.3. The minimum Gasteiger partial charge on any atom is -0.467 e. The van der Waals surface area contributed by atoms with Crippen LogP contribution in [0.2, 0.25) is 0 Å². The lowest BCUT2D eigenvalue weighted by Gasteiger charge is -2.21. The van der Waals surface area contributed by atoms with Crippen LogP contribution in [-0.2, 0) is 16.7 Å². The summed E-state index contributed by atoms with van der Waals surface area (Å²) in [4.78, 5) is 4.72. The van der Waals surface area contributed by atoms with E-state index in [1.807, 2.05) is 60.7 Å². The Balaban J connectivity index is 1.74. The molecule has 3 aromatic rings. The van der Waals surface area contributed by atoms with Crippen molar-refractivity contribution in [3.05, 3.63) is 102 Å². The van der Waals surface area contributed by atoms with Gasteiger partial charge in [0.25, 0.3) is 0 Å². The molecule has 2 aromatic carbocycles. The van der Waals surface area contributed by atoms with Gasteiger partial charge in [0.05, 0.1) is 11.7 Å². The van der Waals surface area contributed by atoms with Crippen molar-refractivity contribution in [1.29, 1.82) is 0 Å². The van der Waals surface area contributed by atoms with Crippen molar-refractivity contribution in [2.45, 2.75) is 18.9 Å². The normalized spacial score (nSPS) is 21.2. The van der Waals surface area contributed by atoms with Crippen molar-refractivity contribution in [2.24, 2.45) is 4.99 Å². The molecule has 0 fully saturated rings. The van der Waals surface area contributed by atoms with Gasteiger partial charge in [-0.25, -0.2) is 4.99 Å². The Morgan fingerprint density at radius 3 is 2.28 bits per heavy atom. The molecule has 3 heteroatoms. The molecule has 0 saturated heterocycles. The number of hydrogen-bond donors (Lipinski definition) is 0. The van der Waals surface area contributed by atoms with Gasteiger partial charge in [-0.1, -0.05) is 60.7 Å². The zero-order valence-electron chi connectivity index (χ0n) is 14.1. The molecule has 3 nitrogen and oxygen atoms in total. The van der Waals surface area contributed by atoms with E-state index >= 15 is 0 Å². The van der Waals surface area contributed by atoms with E-state index < -0.39 is 5.41 Å². The van der Waals surface area contributed by atoms with Crippen LogP contribution in [0.4, 0.5) is 0 Å². The molecule has 0 amide bonds. The standard InChI is InChI=1S/C22H19NO2/c1-22(18-11-6-3-7-12-18)15-20(17-9-4-2-5-10-17)25-21(22)23-16-19-13-8-14-24-19/h2-15H,16H2,1H3. The lowest BCUT2D eigenvalue weighted by atomic mass is 9.82. The minimum absolute atomic E-state index is 0.404. The molecule has 0 spiro atoms. The van der Waals surface area contributed by atoms with E-state index in [-0.39, 0.29) is 0 Å². The lowest BCUT2D eigenvalue weighted by Crippen LogP contribution is -2.27. The van der Waals surface area contributed by atoms with Gasteiger partial charge in [0.2, 0.25) is 5.90 Å². The molecule has 1 aliphatic heterocycles. The fraction of sp³-hybridized carbons (Fsp3) is 0.136. The summed E-state index contributed by atoms with van der Waals surface area (Å²) in [5, 5.41) is 0. The molecule has 4 rings (SSSR count). The summed E-state index contributed by atoms with van der Waals surface area (Å²) in [6, 6.07) is 24.2. The maximum absolute atomic E-state index is 6.19. The second kappa shape index (κ2) is 6.44. The van der Waals surface area contributed by atoms with Gasteiger partial charge in [-0.05, 0) is 30.7 Å². The number of nitrogens with zero attached hydrogens (tertiary/aromatic N) is 1. The van der Waals surface area contributed by atoms with Gasteiger partial charge in [-0.2, -0.15) is 0 Å². The van der Waals surface area contributed by atoms with Crippen molar-refractivity contribution in [1.82, 2.24) is 0 Å². The summed E-state index contributed by atoms with van der Waals surface area (Å²) >= 11 is 0. The Kier molecular flexibility index (Phi) is 3.98. The minimum atomic E-state index is -0.404. The Hall–Kier alpha value is -3.07. The van der Waals surface area contributed by atoms with Gasteiger partial charge in [0.15, 0.2) is 0 Å². The van der Waals surface area contributed by atoms with E-state index in [0.29, 0.717) is 12.4 Å². The Labute approximate surface area is 147 Å². The molecule has 0 bridgehead atoms. The van der Waals surface area contributed by atoms with Crippen LogP contribution in [0.3, 0.4) is 0 Å². The Morgan fingerprint density at radius 1 is 0.880 bits per heavy atom. The number of aliphatic imine (C=N–C) groups is 1. The van der Waals surface area contributed by atoms with Crippen molar-refractivity contribution >= 4 is 11.7 Å². The number of hydrogen-bond acceptors (Lipinski definition) is 3. The van der Waals surface area contributed by atoms with Gasteiger partial charge in [0, 0.05) is 5.56 Å². The monoisotopic (exact) mass is 329 g/mol. The summed E-state index contributed by atoms with van der Waals surface area (Å²) in [5.74, 6) is 2.35. The summed E-state index contributed by atoms with van der Waals surface area (Å²) in [7, 11) is 0. The summed E-state index contributed by atoms with van der Waals surface area (Å²) < 4.78 is 11.6. The van der Waals surface area contributed by atoms with Gasteiger partial charge < -0.3 is 9.15 Å². The van der Waals surface area contributed by atoms with Crippen LogP contribution in [0.5, 0.6) is 0 Å². The Bertz CT molecular complexity index is 896. The third-order valence-corrected chi connectivity index (χ3v) is 4.46. The summed E-state index contributed by atoms with van der Waals surface area (Å²) in [6.07, 6.45) is 3.81. The molecule has 124 valence electrons. The van der Waals surface area contributed by atoms with Crippen LogP contribution in [0.15, 0.2) is 94.5 Å². The fourth-order valence-electron chi connectivity index (χ4n) is 3.05. The molecule has 0 radical (unpaired) electrons. The molecular weight excluding hydrogens is 310 g/mol. The predicted octanol–water partition coefficient (Wildman–Crippen LogP) is 5.21. The van der Waals surface area contributed by atoms with Gasteiger partial charge in [-0.3, -0.25) is 0 Å². The number of furan rings is 1. The predicted molar refractivity (Wildman–Crippen MR) is 99.1 cm³/mol. The highest BCUT2D eigenvalue weighted by Crippen LogP contribution is 2.39. The van der Waals surface area contributed by atoms with Gasteiger partial charge in [0.1, 0.15) is 18.1 Å². The van der Waals surface area contributed by atoms with E-state index in [1.165, 1.54) is 0 Å². The smallest absolute Gasteiger partial charge is 0.205 e. The quantitative estimate of drug-likeness (QED) is 0.659. The third-order valence-electron chi connectivity index (χ3n) is 4.46. The largest absolute Gasteiger partial charge is 0.467 e. The average Bonchev–Trinajstić information content (AvgIpc) is 3.30. The molecular formula is C22H19NO2. The molecule has 0 N–H and O–H groups in total. The topological polar surface area (TPSA) is 34.7 Å². The molecule has 0 saturated carbocycles. The van der Waals surface area contributed by atoms with E-state index in [4.69, 9.17) is 14.1 Å². The average molecular weight is 329 g/mol. The summed E-state index contributed by atoms with van der Waals surface area (Å²) in [6.45, 7) is 2.60. The lowest BCUT2D eigenvalue weighted by molar-refractivity contribution is 0.477. The second-order valence-corrected chi connectivity index (χ2v) is 6.25. The number of rotatable bonds is 4. The first-order valence-corrected chi connectivity index (χ1v) is 8.35. The van der Waals surface area contributed by atoms with E-state index in [9.17, 15) is 0 Å². The van der Waals surface area contributed by atoms with Crippen LogP contribution >= 0.6 is 0 Å².